The number of hydrogen-bond donors (Lipinski definition) is 1. The minimum atomic E-state index is -4.24. The second-order valence-electron chi connectivity index (χ2n) is 4.11. The van der Waals surface area contributed by atoms with Gasteiger partial charge < -0.3 is 0 Å². The third kappa shape index (κ3) is 6.73. The summed E-state index contributed by atoms with van der Waals surface area (Å²) >= 11 is 0. The first kappa shape index (κ1) is 12.8. The molecule has 15 heavy (non-hydrogen) atoms. The lowest BCUT2D eigenvalue weighted by Gasteiger charge is -2.15. The summed E-state index contributed by atoms with van der Waals surface area (Å²) in [5, 5.41) is 0. The Morgan fingerprint density at radius 2 is 1.67 bits per heavy atom. The zero-order valence-corrected chi connectivity index (χ0v) is 8.78. The number of nitrogens with one attached hydrogen (secondary N) is 1. The molecule has 1 aliphatic rings. The molecule has 0 amide bonds. The Labute approximate surface area is 88.1 Å². The topological polar surface area (TPSA) is 21.3 Å². The van der Waals surface area contributed by atoms with Crippen molar-refractivity contribution < 1.29 is 18.0 Å². The fourth-order valence-corrected chi connectivity index (χ4v) is 1.88. The van der Waals surface area contributed by atoms with Gasteiger partial charge in [-0.05, 0) is 18.8 Å². The lowest BCUT2D eigenvalue weighted by atomic mass is 10.0. The molecule has 2 nitrogen and oxygen atoms in total. The van der Waals surface area contributed by atoms with E-state index in [0.717, 1.165) is 12.8 Å². The highest BCUT2D eigenvalue weighted by atomic mass is 19.4. The van der Waals surface area contributed by atoms with Crippen LogP contribution in [0.1, 0.15) is 38.5 Å². The van der Waals surface area contributed by atoms with Crippen LogP contribution in [0.3, 0.4) is 0 Å². The predicted molar refractivity (Wildman–Crippen MR) is 51.2 cm³/mol. The van der Waals surface area contributed by atoms with Crippen molar-refractivity contribution in [3.8, 4) is 0 Å². The summed E-state index contributed by atoms with van der Waals surface area (Å²) in [6.07, 6.45) is 2.83. The molecule has 1 N–H and O–H groups in total. The molecule has 0 unspecified atom stereocenters. The molecule has 0 spiro atoms. The standard InChI is InChI=1S/C10H18F3NO/c11-10(12,13)8-15-14-7-9-5-3-1-2-4-6-9/h9,14H,1-8H2. The van der Waals surface area contributed by atoms with Crippen LogP contribution < -0.4 is 5.48 Å². The van der Waals surface area contributed by atoms with Crippen LogP contribution in [-0.4, -0.2) is 19.3 Å². The maximum absolute atomic E-state index is 11.7. The van der Waals surface area contributed by atoms with E-state index in [1.54, 1.807) is 0 Å². The van der Waals surface area contributed by atoms with Gasteiger partial charge >= 0.3 is 6.18 Å². The maximum atomic E-state index is 11.7. The lowest BCUT2D eigenvalue weighted by Crippen LogP contribution is -2.28. The number of hydroxylamine groups is 1. The zero-order chi connectivity index (χ0) is 11.1. The number of alkyl halides is 3. The Bertz CT molecular complexity index is 165. The Morgan fingerprint density at radius 3 is 2.20 bits per heavy atom. The minimum Gasteiger partial charge on any atom is -0.292 e. The van der Waals surface area contributed by atoms with E-state index < -0.39 is 12.8 Å². The van der Waals surface area contributed by atoms with Crippen molar-refractivity contribution in [3.05, 3.63) is 0 Å². The molecule has 0 saturated heterocycles. The smallest absolute Gasteiger partial charge is 0.292 e. The molecule has 1 saturated carbocycles. The van der Waals surface area contributed by atoms with Gasteiger partial charge in [0.2, 0.25) is 0 Å². The van der Waals surface area contributed by atoms with Crippen LogP contribution in [0.2, 0.25) is 0 Å². The summed E-state index contributed by atoms with van der Waals surface area (Å²) in [7, 11) is 0. The van der Waals surface area contributed by atoms with Gasteiger partial charge in [0.1, 0.15) is 0 Å². The molecule has 0 radical (unpaired) electrons. The molecule has 5 heteroatoms. The largest absolute Gasteiger partial charge is 0.413 e. The van der Waals surface area contributed by atoms with Gasteiger partial charge in [0, 0.05) is 6.54 Å². The van der Waals surface area contributed by atoms with Crippen molar-refractivity contribution in [2.45, 2.75) is 44.7 Å². The van der Waals surface area contributed by atoms with Crippen LogP contribution in [0.15, 0.2) is 0 Å². The van der Waals surface area contributed by atoms with Gasteiger partial charge in [0.05, 0.1) is 0 Å². The highest BCUT2D eigenvalue weighted by Gasteiger charge is 2.27. The molecule has 0 bridgehead atoms. The Hall–Kier alpha value is -0.290. The molecular weight excluding hydrogens is 207 g/mol. The molecule has 1 aliphatic carbocycles. The van der Waals surface area contributed by atoms with Gasteiger partial charge in [-0.3, -0.25) is 4.84 Å². The SMILES string of the molecule is FC(F)(F)CONCC1CCCCCC1. The van der Waals surface area contributed by atoms with Crippen LogP contribution in [-0.2, 0) is 4.84 Å². The molecule has 90 valence electrons. The van der Waals surface area contributed by atoms with E-state index in [2.05, 4.69) is 10.3 Å². The Balaban J connectivity index is 2.03. The molecule has 1 rings (SSSR count). The first-order valence-electron chi connectivity index (χ1n) is 5.49. The molecular formula is C10H18F3NO. The Kier molecular flexibility index (Phi) is 5.39. The second kappa shape index (κ2) is 6.33. The van der Waals surface area contributed by atoms with Crippen LogP contribution in [0.25, 0.3) is 0 Å². The minimum absolute atomic E-state index is 0.473. The molecule has 0 heterocycles. The van der Waals surface area contributed by atoms with Gasteiger partial charge in [0.15, 0.2) is 6.61 Å². The van der Waals surface area contributed by atoms with Crippen LogP contribution in [0, 0.1) is 5.92 Å². The average molecular weight is 225 g/mol. The predicted octanol–water partition coefficient (Wildman–Crippen LogP) is 3.04. The maximum Gasteiger partial charge on any atom is 0.413 e. The van der Waals surface area contributed by atoms with E-state index in [1.807, 2.05) is 0 Å². The summed E-state index contributed by atoms with van der Waals surface area (Å²) in [6, 6.07) is 0. The van der Waals surface area contributed by atoms with Gasteiger partial charge in [-0.25, -0.2) is 5.48 Å². The van der Waals surface area contributed by atoms with Crippen LogP contribution in [0.4, 0.5) is 13.2 Å². The molecule has 0 aromatic rings. The van der Waals surface area contributed by atoms with Crippen molar-refractivity contribution in [1.29, 1.82) is 0 Å². The quantitative estimate of drug-likeness (QED) is 0.451. The van der Waals surface area contributed by atoms with Crippen LogP contribution in [0.5, 0.6) is 0 Å². The van der Waals surface area contributed by atoms with E-state index in [1.165, 1.54) is 25.7 Å². The average Bonchev–Trinajstić information content (AvgIpc) is 2.39. The van der Waals surface area contributed by atoms with Crippen molar-refractivity contribution in [2.75, 3.05) is 13.2 Å². The van der Waals surface area contributed by atoms with Gasteiger partial charge in [-0.2, -0.15) is 13.2 Å². The van der Waals surface area contributed by atoms with E-state index >= 15 is 0 Å². The fourth-order valence-electron chi connectivity index (χ4n) is 1.88. The molecule has 0 aromatic carbocycles. The van der Waals surface area contributed by atoms with E-state index in [-0.39, 0.29) is 0 Å². The first-order valence-corrected chi connectivity index (χ1v) is 5.49. The highest BCUT2D eigenvalue weighted by Crippen LogP contribution is 2.22. The van der Waals surface area contributed by atoms with Gasteiger partial charge in [0.25, 0.3) is 0 Å². The summed E-state index contributed by atoms with van der Waals surface area (Å²) in [4.78, 5) is 4.37. The van der Waals surface area contributed by atoms with Gasteiger partial charge in [-0.15, -0.1) is 0 Å². The summed E-state index contributed by atoms with van der Waals surface area (Å²) in [5.41, 5.74) is 2.42. The van der Waals surface area contributed by atoms with Crippen molar-refractivity contribution >= 4 is 0 Å². The van der Waals surface area contributed by atoms with Crippen LogP contribution >= 0.6 is 0 Å². The van der Waals surface area contributed by atoms with Crippen molar-refractivity contribution in [3.63, 3.8) is 0 Å². The molecule has 0 aliphatic heterocycles. The molecule has 1 fully saturated rings. The number of halogens is 3. The van der Waals surface area contributed by atoms with Crippen molar-refractivity contribution in [1.82, 2.24) is 5.48 Å². The molecule has 0 atom stereocenters. The summed E-state index contributed by atoms with van der Waals surface area (Å²) in [6.45, 7) is -0.671. The fraction of sp³-hybridized carbons (Fsp3) is 1.00. The van der Waals surface area contributed by atoms with Crippen molar-refractivity contribution in [2.24, 2.45) is 5.92 Å². The van der Waals surface area contributed by atoms with E-state index in [0.29, 0.717) is 12.5 Å². The summed E-state index contributed by atoms with van der Waals surface area (Å²) in [5.74, 6) is 0.473. The first-order chi connectivity index (χ1) is 7.08. The van der Waals surface area contributed by atoms with Gasteiger partial charge in [-0.1, -0.05) is 25.7 Å². The zero-order valence-electron chi connectivity index (χ0n) is 8.78. The summed E-state index contributed by atoms with van der Waals surface area (Å²) < 4.78 is 35.2. The number of rotatable bonds is 4. The third-order valence-electron chi connectivity index (χ3n) is 2.68. The van der Waals surface area contributed by atoms with E-state index in [9.17, 15) is 13.2 Å². The number of hydrogen-bond acceptors (Lipinski definition) is 2. The molecule has 0 aromatic heterocycles. The normalized spacial score (nSPS) is 20.2. The third-order valence-corrected chi connectivity index (χ3v) is 2.68. The monoisotopic (exact) mass is 225 g/mol. The highest BCUT2D eigenvalue weighted by molar-refractivity contribution is 4.65. The Morgan fingerprint density at radius 1 is 1.07 bits per heavy atom. The lowest BCUT2D eigenvalue weighted by molar-refractivity contribution is -0.190. The second-order valence-corrected chi connectivity index (χ2v) is 4.11. The van der Waals surface area contributed by atoms with E-state index in [4.69, 9.17) is 0 Å².